The Morgan fingerprint density at radius 3 is 1.30 bits per heavy atom. The number of hydrogen-bond acceptors (Lipinski definition) is 0. The molecule has 110 valence electrons. The van der Waals surface area contributed by atoms with Crippen molar-refractivity contribution in [3.63, 3.8) is 0 Å². The number of hydrogen-bond donors (Lipinski definition) is 0. The summed E-state index contributed by atoms with van der Waals surface area (Å²) < 4.78 is 0. The molecule has 0 aromatic heterocycles. The summed E-state index contributed by atoms with van der Waals surface area (Å²) in [5.74, 6) is 0. The molecule has 0 spiro atoms. The van der Waals surface area contributed by atoms with E-state index < -0.39 is 0 Å². The summed E-state index contributed by atoms with van der Waals surface area (Å²) in [6, 6.07) is 24.1. The standard InChI is InChI=1S/C21H12Cl2/c22-20-11-9-14(16-5-1-3-7-18(16)20)13-15-10-12-21(23)19-8-4-2-6-17(15)19/h1-12H. The Morgan fingerprint density at radius 1 is 0.478 bits per heavy atom. The normalized spacial score (nSPS) is 11.2. The number of rotatable bonds is 2. The van der Waals surface area contributed by atoms with Gasteiger partial charge in [-0.3, -0.25) is 0 Å². The average Bonchev–Trinajstić information content (AvgIpc) is 2.60. The number of fused-ring (bicyclic) bond motifs is 2. The molecule has 0 N–H and O–H groups in total. The minimum atomic E-state index is 0.757. The second kappa shape index (κ2) is 5.88. The quantitative estimate of drug-likeness (QED) is 0.379. The van der Waals surface area contributed by atoms with Crippen LogP contribution in [-0.2, 0) is 0 Å². The third-order valence-corrected chi connectivity index (χ3v) is 4.67. The molecule has 0 fully saturated rings. The Hall–Kier alpha value is -2.02. The van der Waals surface area contributed by atoms with Crippen molar-refractivity contribution in [3.8, 4) is 0 Å². The van der Waals surface area contributed by atoms with E-state index in [2.05, 4.69) is 18.6 Å². The summed E-state index contributed by atoms with van der Waals surface area (Å²) in [5, 5.41) is 5.78. The molecule has 0 amide bonds. The van der Waals surface area contributed by atoms with E-state index in [9.17, 15) is 0 Å². The lowest BCUT2D eigenvalue weighted by molar-refractivity contribution is 1.50. The lowest BCUT2D eigenvalue weighted by Crippen LogP contribution is -1.90. The van der Waals surface area contributed by atoms with Crippen LogP contribution in [-0.4, -0.2) is 0 Å². The molecule has 0 bridgehead atoms. The zero-order valence-electron chi connectivity index (χ0n) is 12.2. The van der Waals surface area contributed by atoms with Gasteiger partial charge < -0.3 is 0 Å². The third-order valence-electron chi connectivity index (χ3n) is 4.01. The first-order valence-electron chi connectivity index (χ1n) is 7.35. The monoisotopic (exact) mass is 334 g/mol. The lowest BCUT2D eigenvalue weighted by Gasteiger charge is -2.10. The van der Waals surface area contributed by atoms with Crippen molar-refractivity contribution < 1.29 is 0 Å². The molecule has 0 saturated heterocycles. The molecule has 2 radical (unpaired) electrons. The van der Waals surface area contributed by atoms with E-state index in [1.54, 1.807) is 0 Å². The summed E-state index contributed by atoms with van der Waals surface area (Å²) in [4.78, 5) is 0. The largest absolute Gasteiger partial charge is 0.0837 e. The fourth-order valence-corrected chi connectivity index (χ4v) is 3.34. The molecule has 0 atom stereocenters. The minimum absolute atomic E-state index is 0.757. The molecule has 0 heterocycles. The highest BCUT2D eigenvalue weighted by Gasteiger charge is 2.09. The van der Waals surface area contributed by atoms with Crippen LogP contribution in [0.15, 0.2) is 72.8 Å². The molecule has 0 aliphatic carbocycles. The van der Waals surface area contributed by atoms with Gasteiger partial charge in [-0.1, -0.05) is 83.9 Å². The van der Waals surface area contributed by atoms with Crippen molar-refractivity contribution in [2.24, 2.45) is 0 Å². The molecular weight excluding hydrogens is 323 g/mol. The Balaban J connectivity index is 1.89. The highest BCUT2D eigenvalue weighted by molar-refractivity contribution is 6.36. The fraction of sp³-hybridized carbons (Fsp3) is 0. The predicted octanol–water partition coefficient (Wildman–Crippen LogP) is 6.78. The van der Waals surface area contributed by atoms with E-state index in [1.165, 1.54) is 0 Å². The van der Waals surface area contributed by atoms with Crippen LogP contribution in [0.4, 0.5) is 0 Å². The maximum atomic E-state index is 6.30. The Kier molecular flexibility index (Phi) is 3.72. The maximum Gasteiger partial charge on any atom is 0.0514 e. The second-order valence-corrected chi connectivity index (χ2v) is 6.22. The van der Waals surface area contributed by atoms with Gasteiger partial charge in [0.1, 0.15) is 0 Å². The zero-order chi connectivity index (χ0) is 15.8. The van der Waals surface area contributed by atoms with E-state index in [-0.39, 0.29) is 0 Å². The van der Waals surface area contributed by atoms with Crippen molar-refractivity contribution >= 4 is 44.7 Å². The average molecular weight is 335 g/mol. The molecule has 0 saturated carbocycles. The van der Waals surface area contributed by atoms with Crippen LogP contribution in [0.3, 0.4) is 0 Å². The SMILES string of the molecule is Clc1ccc([C]c2ccc(Cl)c3ccccc23)c2ccccc12. The maximum absolute atomic E-state index is 6.30. The van der Waals surface area contributed by atoms with Crippen LogP contribution in [0.1, 0.15) is 11.1 Å². The summed E-state index contributed by atoms with van der Waals surface area (Å²) in [7, 11) is 0. The van der Waals surface area contributed by atoms with Gasteiger partial charge in [0.05, 0.1) is 6.42 Å². The van der Waals surface area contributed by atoms with Gasteiger partial charge in [-0.05, 0) is 34.0 Å². The molecule has 0 aliphatic rings. The topological polar surface area (TPSA) is 0 Å². The van der Waals surface area contributed by atoms with Crippen molar-refractivity contribution in [2.45, 2.75) is 0 Å². The van der Waals surface area contributed by atoms with Gasteiger partial charge in [0, 0.05) is 20.8 Å². The van der Waals surface area contributed by atoms with Crippen molar-refractivity contribution in [3.05, 3.63) is 100 Å². The van der Waals surface area contributed by atoms with Gasteiger partial charge in [-0.25, -0.2) is 0 Å². The summed E-state index contributed by atoms with van der Waals surface area (Å²) >= 11 is 12.6. The number of halogens is 2. The first-order chi connectivity index (χ1) is 11.2. The molecule has 0 unspecified atom stereocenters. The van der Waals surface area contributed by atoms with Gasteiger partial charge >= 0.3 is 0 Å². The van der Waals surface area contributed by atoms with Gasteiger partial charge in [-0.2, -0.15) is 0 Å². The second-order valence-electron chi connectivity index (χ2n) is 5.41. The summed E-state index contributed by atoms with van der Waals surface area (Å²) in [6.45, 7) is 0. The Bertz CT molecular complexity index is 935. The Morgan fingerprint density at radius 2 is 0.870 bits per heavy atom. The summed E-state index contributed by atoms with van der Waals surface area (Å²) in [6.07, 6.45) is 3.53. The van der Waals surface area contributed by atoms with Gasteiger partial charge in [0.25, 0.3) is 0 Å². The van der Waals surface area contributed by atoms with Crippen LogP contribution in [0.2, 0.25) is 10.0 Å². The van der Waals surface area contributed by atoms with Crippen LogP contribution in [0, 0.1) is 6.42 Å². The minimum Gasteiger partial charge on any atom is -0.0837 e. The van der Waals surface area contributed by atoms with Crippen LogP contribution >= 0.6 is 23.2 Å². The first-order valence-corrected chi connectivity index (χ1v) is 8.11. The van der Waals surface area contributed by atoms with Crippen molar-refractivity contribution in [1.29, 1.82) is 0 Å². The summed E-state index contributed by atoms with van der Waals surface area (Å²) in [5.41, 5.74) is 2.05. The molecule has 2 heteroatoms. The highest BCUT2D eigenvalue weighted by Crippen LogP contribution is 2.32. The van der Waals surface area contributed by atoms with Crippen LogP contribution < -0.4 is 0 Å². The third kappa shape index (κ3) is 2.59. The molecule has 4 aromatic rings. The van der Waals surface area contributed by atoms with Crippen molar-refractivity contribution in [2.75, 3.05) is 0 Å². The zero-order valence-corrected chi connectivity index (χ0v) is 13.7. The van der Waals surface area contributed by atoms with Crippen LogP contribution in [0.5, 0.6) is 0 Å². The van der Waals surface area contributed by atoms with Crippen molar-refractivity contribution in [1.82, 2.24) is 0 Å². The molecule has 4 rings (SSSR count). The van der Waals surface area contributed by atoms with Crippen LogP contribution in [0.25, 0.3) is 21.5 Å². The van der Waals surface area contributed by atoms with Gasteiger partial charge in [0.2, 0.25) is 0 Å². The van der Waals surface area contributed by atoms with E-state index >= 15 is 0 Å². The molecule has 23 heavy (non-hydrogen) atoms. The molecule has 0 nitrogen and oxygen atoms in total. The Labute approximate surface area is 145 Å². The van der Waals surface area contributed by atoms with Gasteiger partial charge in [0.15, 0.2) is 0 Å². The fourth-order valence-electron chi connectivity index (χ4n) is 2.89. The predicted molar refractivity (Wildman–Crippen MR) is 99.4 cm³/mol. The molecule has 0 aliphatic heterocycles. The lowest BCUT2D eigenvalue weighted by atomic mass is 9.95. The molecule has 4 aromatic carbocycles. The number of benzene rings is 4. The van der Waals surface area contributed by atoms with Gasteiger partial charge in [-0.15, -0.1) is 0 Å². The van der Waals surface area contributed by atoms with E-state index in [4.69, 9.17) is 23.2 Å². The van der Waals surface area contributed by atoms with E-state index in [1.807, 2.05) is 60.7 Å². The highest BCUT2D eigenvalue weighted by atomic mass is 35.5. The smallest absolute Gasteiger partial charge is 0.0514 e. The van der Waals surface area contributed by atoms with E-state index in [0.717, 1.165) is 42.7 Å². The molecular formula is C21H12Cl2. The first kappa shape index (κ1) is 14.6. The van der Waals surface area contributed by atoms with E-state index in [0.29, 0.717) is 0 Å².